The van der Waals surface area contributed by atoms with Crippen LogP contribution in [0.1, 0.15) is 57.9 Å². The Morgan fingerprint density at radius 2 is 1.80 bits per heavy atom. The Labute approximate surface area is 255 Å². The molecule has 0 aliphatic carbocycles. The van der Waals surface area contributed by atoms with Crippen molar-refractivity contribution in [2.75, 3.05) is 20.2 Å². The summed E-state index contributed by atoms with van der Waals surface area (Å²) in [6.07, 6.45) is 2.33. The molecule has 10 nitrogen and oxygen atoms in total. The van der Waals surface area contributed by atoms with Gasteiger partial charge in [0.2, 0.25) is 5.91 Å². The second kappa shape index (κ2) is 11.8. The lowest BCUT2D eigenvalue weighted by molar-refractivity contribution is -0.186. The number of nitrogens with one attached hydrogen (secondary N) is 1. The van der Waals surface area contributed by atoms with Gasteiger partial charge in [-0.15, -0.1) is 0 Å². The van der Waals surface area contributed by atoms with Crippen LogP contribution in [0.5, 0.6) is 5.75 Å². The lowest BCUT2D eigenvalue weighted by Gasteiger charge is -2.41. The quantitative estimate of drug-likeness (QED) is 0.290. The molecule has 0 radical (unpaired) electrons. The minimum atomic E-state index is -0.481. The van der Waals surface area contributed by atoms with E-state index in [1.165, 1.54) is 4.90 Å². The third kappa shape index (κ3) is 5.20. The van der Waals surface area contributed by atoms with E-state index in [1.807, 2.05) is 60.7 Å². The van der Waals surface area contributed by atoms with Gasteiger partial charge in [0.05, 0.1) is 18.0 Å². The second-order valence-corrected chi connectivity index (χ2v) is 11.5. The number of fused-ring (bicyclic) bond motifs is 6. The summed E-state index contributed by atoms with van der Waals surface area (Å²) in [4.78, 5) is 47.5. The predicted molar refractivity (Wildman–Crippen MR) is 162 cm³/mol. The van der Waals surface area contributed by atoms with Crippen molar-refractivity contribution in [3.63, 3.8) is 0 Å². The maximum Gasteiger partial charge on any atom is 0.326 e. The van der Waals surface area contributed by atoms with Gasteiger partial charge in [-0.05, 0) is 48.2 Å². The fraction of sp³-hybridized carbons (Fsp3) is 0.324. The fourth-order valence-corrected chi connectivity index (χ4v) is 6.40. The van der Waals surface area contributed by atoms with Crippen molar-refractivity contribution < 1.29 is 28.7 Å². The minimum Gasteiger partial charge on any atom is -0.488 e. The SMILES string of the molecule is CN1C(=O)C2CN(Cc3c2c2c(OCc4ccccc4)cccc2n3Cc2ccc(C(=O)NOC3CCCCO3)cc2)C1=O. The van der Waals surface area contributed by atoms with Gasteiger partial charge in [0.15, 0.2) is 6.29 Å². The molecule has 4 heterocycles. The smallest absolute Gasteiger partial charge is 0.326 e. The highest BCUT2D eigenvalue weighted by atomic mass is 16.8. The van der Waals surface area contributed by atoms with E-state index in [2.05, 4.69) is 10.0 Å². The van der Waals surface area contributed by atoms with E-state index in [9.17, 15) is 14.4 Å². The summed E-state index contributed by atoms with van der Waals surface area (Å²) in [5.41, 5.74) is 7.76. The Hall–Kier alpha value is -4.67. The van der Waals surface area contributed by atoms with E-state index in [4.69, 9.17) is 14.3 Å². The van der Waals surface area contributed by atoms with Gasteiger partial charge in [-0.3, -0.25) is 14.5 Å². The van der Waals surface area contributed by atoms with Gasteiger partial charge >= 0.3 is 6.03 Å². The van der Waals surface area contributed by atoms with Crippen LogP contribution in [0, 0.1) is 0 Å². The summed E-state index contributed by atoms with van der Waals surface area (Å²) in [6, 6.07) is 23.0. The third-order valence-electron chi connectivity index (χ3n) is 8.69. The molecule has 2 atom stereocenters. The highest BCUT2D eigenvalue weighted by molar-refractivity contribution is 6.05. The van der Waals surface area contributed by atoms with Gasteiger partial charge < -0.3 is 18.9 Å². The van der Waals surface area contributed by atoms with Gasteiger partial charge in [0, 0.05) is 55.4 Å². The molecule has 3 aliphatic heterocycles. The molecule has 0 saturated carbocycles. The molecule has 44 heavy (non-hydrogen) atoms. The number of amides is 4. The van der Waals surface area contributed by atoms with Crippen LogP contribution >= 0.6 is 0 Å². The van der Waals surface area contributed by atoms with E-state index in [1.54, 1.807) is 24.1 Å². The number of carbonyl (C=O) groups excluding carboxylic acids is 3. The first kappa shape index (κ1) is 28.1. The lowest BCUT2D eigenvalue weighted by Crippen LogP contribution is -2.56. The minimum absolute atomic E-state index is 0.208. The Morgan fingerprint density at radius 3 is 2.57 bits per heavy atom. The Morgan fingerprint density at radius 1 is 0.977 bits per heavy atom. The molecule has 4 aromatic rings. The van der Waals surface area contributed by atoms with Crippen molar-refractivity contribution in [2.24, 2.45) is 0 Å². The first-order valence-corrected chi connectivity index (χ1v) is 15.0. The van der Waals surface area contributed by atoms with Crippen molar-refractivity contribution in [1.29, 1.82) is 0 Å². The molecule has 10 heteroatoms. The zero-order valence-corrected chi connectivity index (χ0v) is 24.5. The number of carbonyl (C=O) groups is 3. The highest BCUT2D eigenvalue weighted by Gasteiger charge is 2.45. The molecule has 2 unspecified atom stereocenters. The highest BCUT2D eigenvalue weighted by Crippen LogP contribution is 2.44. The number of hydrogen-bond acceptors (Lipinski definition) is 6. The molecule has 3 aromatic carbocycles. The monoisotopic (exact) mass is 594 g/mol. The van der Waals surface area contributed by atoms with E-state index in [-0.39, 0.29) is 17.8 Å². The number of imide groups is 1. The summed E-state index contributed by atoms with van der Waals surface area (Å²) in [6.45, 7) is 2.24. The topological polar surface area (TPSA) is 102 Å². The molecule has 4 amide bonds. The molecule has 1 N–H and O–H groups in total. The van der Waals surface area contributed by atoms with E-state index >= 15 is 0 Å². The number of aromatic nitrogens is 1. The Bertz CT molecular complexity index is 1710. The van der Waals surface area contributed by atoms with Crippen molar-refractivity contribution in [2.45, 2.75) is 51.2 Å². The van der Waals surface area contributed by atoms with E-state index in [0.29, 0.717) is 44.2 Å². The summed E-state index contributed by atoms with van der Waals surface area (Å²) < 4.78 is 14.1. The van der Waals surface area contributed by atoms with Crippen LogP contribution in [0.3, 0.4) is 0 Å². The summed E-state index contributed by atoms with van der Waals surface area (Å²) in [5.74, 6) is -0.321. The van der Waals surface area contributed by atoms with Crippen LogP contribution in [0.2, 0.25) is 0 Å². The molecule has 2 bridgehead atoms. The predicted octanol–water partition coefficient (Wildman–Crippen LogP) is 4.95. The number of urea groups is 1. The zero-order chi connectivity index (χ0) is 30.2. The standard InChI is InChI=1S/C34H34N4O6/c1-36-33(40)25-19-37(34(36)41)20-27-30(25)31-26(10-7-11-28(31)43-21-23-8-3-2-4-9-23)38(27)18-22-13-15-24(16-14-22)32(39)35-44-29-12-5-6-17-42-29/h2-4,7-11,13-16,25,29H,5-6,12,17-21H2,1H3,(H,35,39). The third-order valence-corrected chi connectivity index (χ3v) is 8.69. The van der Waals surface area contributed by atoms with Gasteiger partial charge in [-0.1, -0.05) is 48.5 Å². The number of benzene rings is 3. The average Bonchev–Trinajstić information content (AvgIpc) is 3.39. The lowest BCUT2D eigenvalue weighted by atomic mass is 9.89. The van der Waals surface area contributed by atoms with Gasteiger partial charge in [-0.2, -0.15) is 0 Å². The Balaban J connectivity index is 1.21. The van der Waals surface area contributed by atoms with Gasteiger partial charge in [0.1, 0.15) is 12.4 Å². The molecule has 3 aliphatic rings. The molecular formula is C34H34N4O6. The van der Waals surface area contributed by atoms with Crippen LogP contribution in [0.4, 0.5) is 4.79 Å². The molecule has 226 valence electrons. The van der Waals surface area contributed by atoms with E-state index in [0.717, 1.165) is 52.5 Å². The molecule has 0 spiro atoms. The average molecular weight is 595 g/mol. The van der Waals surface area contributed by atoms with Crippen LogP contribution < -0.4 is 10.2 Å². The van der Waals surface area contributed by atoms with Crippen LogP contribution in [-0.2, 0) is 34.1 Å². The zero-order valence-electron chi connectivity index (χ0n) is 24.5. The number of hydrogen-bond donors (Lipinski definition) is 1. The molecular weight excluding hydrogens is 560 g/mol. The van der Waals surface area contributed by atoms with Gasteiger partial charge in [0.25, 0.3) is 5.91 Å². The number of rotatable bonds is 8. The van der Waals surface area contributed by atoms with Crippen molar-refractivity contribution in [1.82, 2.24) is 19.8 Å². The Kier molecular flexibility index (Phi) is 7.53. The number of hydroxylamine groups is 1. The fourth-order valence-electron chi connectivity index (χ4n) is 6.40. The maximum absolute atomic E-state index is 13.4. The molecule has 2 fully saturated rings. The first-order chi connectivity index (χ1) is 21.5. The summed E-state index contributed by atoms with van der Waals surface area (Å²) in [5, 5.41) is 0.900. The van der Waals surface area contributed by atoms with Crippen LogP contribution in [0.15, 0.2) is 72.8 Å². The summed E-state index contributed by atoms with van der Waals surface area (Å²) >= 11 is 0. The van der Waals surface area contributed by atoms with Crippen LogP contribution in [0.25, 0.3) is 10.9 Å². The first-order valence-electron chi connectivity index (χ1n) is 15.0. The van der Waals surface area contributed by atoms with Crippen LogP contribution in [-0.4, -0.2) is 58.7 Å². The van der Waals surface area contributed by atoms with Crippen molar-refractivity contribution in [3.8, 4) is 5.75 Å². The van der Waals surface area contributed by atoms with Gasteiger partial charge in [-0.25, -0.2) is 15.1 Å². The maximum atomic E-state index is 13.4. The molecule has 7 rings (SSSR count). The van der Waals surface area contributed by atoms with Crippen molar-refractivity contribution >= 4 is 28.7 Å². The normalized spacial score (nSPS) is 19.7. The second-order valence-electron chi connectivity index (χ2n) is 11.5. The summed E-state index contributed by atoms with van der Waals surface area (Å²) in [7, 11) is 1.55. The molecule has 2 saturated heterocycles. The number of nitrogens with zero attached hydrogens (tertiary/aromatic N) is 3. The largest absolute Gasteiger partial charge is 0.488 e. The molecule has 1 aromatic heterocycles. The number of ether oxygens (including phenoxy) is 2. The van der Waals surface area contributed by atoms with Crippen molar-refractivity contribution in [3.05, 3.63) is 101 Å². The van der Waals surface area contributed by atoms with E-state index < -0.39 is 12.2 Å². The number of likely N-dealkylation sites (N-methyl/N-ethyl adjacent to an activating group) is 1.